The Hall–Kier alpha value is -12.9. The zero-order valence-electron chi connectivity index (χ0n) is 56.3. The molecule has 101 heavy (non-hydrogen) atoms. The molecule has 0 N–H and O–H groups in total. The SMILES string of the molecule is CC1(C)c2cc(-c3ccc(-c4cccc(N(c5ccc(-c6cccc(-c7ccccc7)c6)cc5)c5cccc(-c6cccc7ccccc67)c5)c4)c4ccccc34)ccc2-c2ccc(N(c3ccc(-c4cccc(-c5ccccc5)c4)cc3)c3cccc(-c4cccc5ccccc45)c3)cc21. The average molecular weight is 1290 g/mol. The van der Waals surface area contributed by atoms with Crippen LogP contribution >= 0.6 is 0 Å². The van der Waals surface area contributed by atoms with Gasteiger partial charge in [0.15, 0.2) is 0 Å². The molecule has 0 amide bonds. The van der Waals surface area contributed by atoms with Crippen molar-refractivity contribution >= 4 is 66.4 Å². The molecule has 0 atom stereocenters. The van der Waals surface area contributed by atoms with E-state index >= 15 is 0 Å². The van der Waals surface area contributed by atoms with Crippen LogP contribution in [0.15, 0.2) is 388 Å². The third-order valence-electron chi connectivity index (χ3n) is 20.8. The van der Waals surface area contributed by atoms with Crippen LogP contribution in [0.5, 0.6) is 0 Å². The third-order valence-corrected chi connectivity index (χ3v) is 20.8. The van der Waals surface area contributed by atoms with Crippen molar-refractivity contribution in [1.82, 2.24) is 0 Å². The van der Waals surface area contributed by atoms with Gasteiger partial charge in [-0.1, -0.05) is 311 Å². The first-order chi connectivity index (χ1) is 49.8. The summed E-state index contributed by atoms with van der Waals surface area (Å²) in [5.74, 6) is 0. The molecule has 0 bridgehead atoms. The molecule has 0 spiro atoms. The minimum Gasteiger partial charge on any atom is -0.310 e. The minimum absolute atomic E-state index is 0.314. The van der Waals surface area contributed by atoms with Gasteiger partial charge < -0.3 is 9.80 Å². The first-order valence-corrected chi connectivity index (χ1v) is 35.0. The van der Waals surface area contributed by atoms with E-state index in [9.17, 15) is 0 Å². The molecule has 0 unspecified atom stereocenters. The third kappa shape index (κ3) is 11.2. The summed E-state index contributed by atoms with van der Waals surface area (Å²) in [5.41, 5.74) is 30.5. The van der Waals surface area contributed by atoms with Gasteiger partial charge in [0.2, 0.25) is 0 Å². The second kappa shape index (κ2) is 25.5. The highest BCUT2D eigenvalue weighted by molar-refractivity contribution is 6.06. The van der Waals surface area contributed by atoms with Gasteiger partial charge in [-0.3, -0.25) is 0 Å². The molecule has 0 aromatic heterocycles. The van der Waals surface area contributed by atoms with E-state index in [0.717, 1.165) is 39.7 Å². The van der Waals surface area contributed by atoms with E-state index in [4.69, 9.17) is 0 Å². The summed E-state index contributed by atoms with van der Waals surface area (Å²) in [7, 11) is 0. The van der Waals surface area contributed by atoms with Gasteiger partial charge in [0.05, 0.1) is 0 Å². The number of fused-ring (bicyclic) bond motifs is 6. The Morgan fingerprint density at radius 2 is 0.446 bits per heavy atom. The highest BCUT2D eigenvalue weighted by atomic mass is 15.1. The lowest BCUT2D eigenvalue weighted by atomic mass is 9.81. The van der Waals surface area contributed by atoms with Crippen molar-refractivity contribution in [3.8, 4) is 100 Å². The standard InChI is InChI=1S/C99H70N2/c1-99(2)97-65-80(50-56-95(97)96-57-55-86(66-98(96)99)101(85-39-18-35-78(63-85)90-45-21-29-72-27-10-12-41-88(72)90)82-53-48-70(49-54-82)76-33-16-31-74(61-76)68-24-7-4-8-25-68)92-59-58-91(93-42-13-14-43-94(92)93)79-36-19-38-84(64-79)100(83-37-17-34-77(62-83)89-44-20-28-71-26-9-11-40-87(71)89)81-51-46-69(47-52-81)75-32-15-30-73(60-75)67-22-5-3-6-23-67/h3-66H,1-2H3. The van der Waals surface area contributed by atoms with Gasteiger partial charge in [0.1, 0.15) is 0 Å². The van der Waals surface area contributed by atoms with Crippen LogP contribution in [0.25, 0.3) is 132 Å². The van der Waals surface area contributed by atoms with E-state index < -0.39 is 0 Å². The molecule has 0 saturated heterocycles. The fourth-order valence-corrected chi connectivity index (χ4v) is 15.7. The molecule has 0 saturated carbocycles. The smallest absolute Gasteiger partial charge is 0.0467 e. The lowest BCUT2D eigenvalue weighted by Crippen LogP contribution is -2.16. The number of anilines is 6. The maximum absolute atomic E-state index is 2.48. The van der Waals surface area contributed by atoms with E-state index in [1.807, 2.05) is 0 Å². The van der Waals surface area contributed by atoms with Crippen LogP contribution in [-0.4, -0.2) is 0 Å². The van der Waals surface area contributed by atoms with Gasteiger partial charge in [0, 0.05) is 39.5 Å². The molecule has 18 rings (SSSR count). The Kier molecular flexibility index (Phi) is 15.3. The fraction of sp³-hybridized carbons (Fsp3) is 0.0303. The number of hydrogen-bond donors (Lipinski definition) is 0. The quantitative estimate of drug-likeness (QED) is 0.107. The second-order valence-corrected chi connectivity index (χ2v) is 27.2. The van der Waals surface area contributed by atoms with E-state index in [0.29, 0.717) is 0 Å². The van der Waals surface area contributed by atoms with E-state index in [2.05, 4.69) is 412 Å². The van der Waals surface area contributed by atoms with Crippen LogP contribution in [0, 0.1) is 0 Å². The number of hydrogen-bond acceptors (Lipinski definition) is 2. The molecule has 2 heteroatoms. The van der Waals surface area contributed by atoms with Crippen molar-refractivity contribution < 1.29 is 0 Å². The molecule has 0 heterocycles. The van der Waals surface area contributed by atoms with Crippen LogP contribution in [0.3, 0.4) is 0 Å². The number of nitrogens with zero attached hydrogens (tertiary/aromatic N) is 2. The molecule has 476 valence electrons. The van der Waals surface area contributed by atoms with Crippen molar-refractivity contribution in [3.05, 3.63) is 399 Å². The maximum Gasteiger partial charge on any atom is 0.0467 e. The molecular weight excluding hydrogens is 1220 g/mol. The van der Waals surface area contributed by atoms with Crippen LogP contribution in [0.4, 0.5) is 34.1 Å². The van der Waals surface area contributed by atoms with Crippen LogP contribution in [-0.2, 0) is 5.41 Å². The molecule has 0 aliphatic heterocycles. The summed E-state index contributed by atoms with van der Waals surface area (Å²) in [6, 6.07) is 143. The van der Waals surface area contributed by atoms with E-state index in [1.54, 1.807) is 0 Å². The molecule has 17 aromatic carbocycles. The molecule has 1 aliphatic carbocycles. The summed E-state index contributed by atoms with van der Waals surface area (Å²) in [4.78, 5) is 4.86. The van der Waals surface area contributed by atoms with E-state index in [1.165, 1.54) is 138 Å². The number of rotatable bonds is 14. The summed E-state index contributed by atoms with van der Waals surface area (Å²) in [5, 5.41) is 7.36. The second-order valence-electron chi connectivity index (χ2n) is 27.2. The van der Waals surface area contributed by atoms with Crippen LogP contribution < -0.4 is 9.80 Å². The Morgan fingerprint density at radius 3 is 0.891 bits per heavy atom. The van der Waals surface area contributed by atoms with Gasteiger partial charge in [0.25, 0.3) is 0 Å². The zero-order valence-corrected chi connectivity index (χ0v) is 56.3. The Bertz CT molecular complexity index is 5980. The molecule has 0 fully saturated rings. The average Bonchev–Trinajstić information content (AvgIpc) is 1.61. The molecule has 1 aliphatic rings. The normalized spacial score (nSPS) is 12.1. The summed E-state index contributed by atoms with van der Waals surface area (Å²) < 4.78 is 0. The van der Waals surface area contributed by atoms with Gasteiger partial charge >= 0.3 is 0 Å². The first kappa shape index (κ1) is 60.5. The predicted molar refractivity (Wildman–Crippen MR) is 429 cm³/mol. The highest BCUT2D eigenvalue weighted by Gasteiger charge is 2.37. The monoisotopic (exact) mass is 1290 g/mol. The van der Waals surface area contributed by atoms with Gasteiger partial charge in [-0.25, -0.2) is 0 Å². The van der Waals surface area contributed by atoms with Crippen molar-refractivity contribution in [2.24, 2.45) is 0 Å². The van der Waals surface area contributed by atoms with Crippen molar-refractivity contribution in [2.45, 2.75) is 19.3 Å². The summed E-state index contributed by atoms with van der Waals surface area (Å²) in [6.07, 6.45) is 0. The molecular formula is C99H70N2. The Labute approximate surface area is 591 Å². The minimum atomic E-state index is -0.314. The Morgan fingerprint density at radius 1 is 0.168 bits per heavy atom. The topological polar surface area (TPSA) is 6.48 Å². The molecule has 0 radical (unpaired) electrons. The van der Waals surface area contributed by atoms with Crippen molar-refractivity contribution in [1.29, 1.82) is 0 Å². The lowest BCUT2D eigenvalue weighted by molar-refractivity contribution is 0.660. The highest BCUT2D eigenvalue weighted by Crippen LogP contribution is 2.53. The van der Waals surface area contributed by atoms with Gasteiger partial charge in [-0.2, -0.15) is 0 Å². The van der Waals surface area contributed by atoms with E-state index in [-0.39, 0.29) is 5.41 Å². The first-order valence-electron chi connectivity index (χ1n) is 35.0. The van der Waals surface area contributed by atoms with Crippen molar-refractivity contribution in [2.75, 3.05) is 9.80 Å². The van der Waals surface area contributed by atoms with Crippen molar-refractivity contribution in [3.63, 3.8) is 0 Å². The largest absolute Gasteiger partial charge is 0.310 e. The zero-order chi connectivity index (χ0) is 67.4. The lowest BCUT2D eigenvalue weighted by Gasteiger charge is -2.29. The summed E-state index contributed by atoms with van der Waals surface area (Å²) in [6.45, 7) is 4.82. The van der Waals surface area contributed by atoms with Gasteiger partial charge in [-0.05, 0) is 235 Å². The van der Waals surface area contributed by atoms with Crippen LogP contribution in [0.2, 0.25) is 0 Å². The summed E-state index contributed by atoms with van der Waals surface area (Å²) >= 11 is 0. The van der Waals surface area contributed by atoms with Gasteiger partial charge in [-0.15, -0.1) is 0 Å². The molecule has 17 aromatic rings. The fourth-order valence-electron chi connectivity index (χ4n) is 15.7. The van der Waals surface area contributed by atoms with Crippen LogP contribution in [0.1, 0.15) is 25.0 Å². The maximum atomic E-state index is 2.48. The Balaban J connectivity index is 0.694. The predicted octanol–water partition coefficient (Wildman–Crippen LogP) is 27.7. The number of benzene rings is 17. The molecule has 2 nitrogen and oxygen atoms in total.